The van der Waals surface area contributed by atoms with Crippen LogP contribution in [0, 0.1) is 0 Å². The summed E-state index contributed by atoms with van der Waals surface area (Å²) in [6.45, 7) is 1.29. The molecule has 5 aromatic carbocycles. The number of nitrogens with zero attached hydrogens (tertiary/aromatic N) is 4. The number of benzene rings is 5. The van der Waals surface area contributed by atoms with Gasteiger partial charge in [0.25, 0.3) is 11.8 Å². The normalized spacial score (nSPS) is 14.3. The van der Waals surface area contributed by atoms with Gasteiger partial charge in [-0.3, -0.25) is 14.5 Å². The highest BCUT2D eigenvalue weighted by molar-refractivity contribution is 6.17. The smallest absolute Gasteiger partial charge is 0.265 e. The fraction of sp³-hybridized carbons (Fsp3) is 0.150. The van der Waals surface area contributed by atoms with Gasteiger partial charge >= 0.3 is 0 Å². The number of rotatable bonds is 7. The van der Waals surface area contributed by atoms with Crippen molar-refractivity contribution in [2.24, 2.45) is 0 Å². The van der Waals surface area contributed by atoms with E-state index in [-0.39, 0.29) is 23.6 Å². The molecule has 0 saturated carbocycles. The van der Waals surface area contributed by atoms with Crippen LogP contribution in [0.5, 0.6) is 5.75 Å². The van der Waals surface area contributed by atoms with Gasteiger partial charge in [0.2, 0.25) is 0 Å². The summed E-state index contributed by atoms with van der Waals surface area (Å²) in [5, 5.41) is 10.7. The molecular weight excluding hydrogens is 584 g/mol. The molecule has 234 valence electrons. The lowest BCUT2D eigenvalue weighted by Crippen LogP contribution is -2.49. The van der Waals surface area contributed by atoms with Gasteiger partial charge in [-0.25, -0.2) is 0 Å². The molecule has 1 atom stereocenters. The zero-order valence-corrected chi connectivity index (χ0v) is 26.5. The van der Waals surface area contributed by atoms with Crippen molar-refractivity contribution in [2.45, 2.75) is 19.0 Å². The molecule has 0 unspecified atom stereocenters. The Morgan fingerprint density at radius 1 is 0.723 bits per heavy atom. The molecule has 2 amide bonds. The molecule has 7 rings (SSSR count). The number of phenols is 1. The molecule has 2 heterocycles. The summed E-state index contributed by atoms with van der Waals surface area (Å²) in [6.07, 6.45) is 2.64. The first-order valence-corrected chi connectivity index (χ1v) is 15.8. The molecule has 0 aliphatic carbocycles. The molecule has 0 bridgehead atoms. The number of carbonyl (C=O) groups excluding carboxylic acids is 2. The minimum absolute atomic E-state index is 0.0174. The highest BCUT2D eigenvalue weighted by Crippen LogP contribution is 2.34. The van der Waals surface area contributed by atoms with Gasteiger partial charge in [0.15, 0.2) is 0 Å². The number of hydrogen-bond donors (Lipinski definition) is 1. The highest BCUT2D eigenvalue weighted by atomic mass is 16.3. The number of hydrogen-bond acceptors (Lipinski definition) is 4. The van der Waals surface area contributed by atoms with E-state index < -0.39 is 0 Å². The molecule has 47 heavy (non-hydrogen) atoms. The molecule has 1 aromatic heterocycles. The first-order valence-electron chi connectivity index (χ1n) is 15.8. The third-order valence-corrected chi connectivity index (χ3v) is 8.85. The van der Waals surface area contributed by atoms with Crippen molar-refractivity contribution >= 4 is 34.1 Å². The van der Waals surface area contributed by atoms with Crippen LogP contribution < -0.4 is 4.90 Å². The molecular formula is C40H36N4O3. The van der Waals surface area contributed by atoms with Crippen molar-refractivity contribution in [3.8, 4) is 11.4 Å². The molecule has 1 aliphatic rings. The van der Waals surface area contributed by atoms with Gasteiger partial charge in [0, 0.05) is 42.1 Å². The number of carbonyl (C=O) groups is 2. The van der Waals surface area contributed by atoms with Gasteiger partial charge in [0.1, 0.15) is 5.75 Å². The monoisotopic (exact) mass is 620 g/mol. The van der Waals surface area contributed by atoms with E-state index >= 15 is 0 Å². The number of anilines is 2. The van der Waals surface area contributed by atoms with E-state index in [0.29, 0.717) is 34.7 Å². The summed E-state index contributed by atoms with van der Waals surface area (Å²) < 4.78 is 1.97. The van der Waals surface area contributed by atoms with Crippen LogP contribution >= 0.6 is 0 Å². The van der Waals surface area contributed by atoms with Gasteiger partial charge in [-0.1, -0.05) is 72.8 Å². The number of para-hydroxylation sites is 3. The Morgan fingerprint density at radius 2 is 1.36 bits per heavy atom. The number of likely N-dealkylation sites (N-methyl/N-ethyl adjacent to an activating group) is 1. The Morgan fingerprint density at radius 3 is 2.13 bits per heavy atom. The van der Waals surface area contributed by atoms with E-state index in [0.717, 1.165) is 23.9 Å². The van der Waals surface area contributed by atoms with Crippen molar-refractivity contribution < 1.29 is 14.7 Å². The van der Waals surface area contributed by atoms with Crippen LogP contribution in [0.3, 0.4) is 0 Å². The summed E-state index contributed by atoms with van der Waals surface area (Å²) in [5.74, 6) is -0.140. The molecule has 7 nitrogen and oxygen atoms in total. The molecule has 0 radical (unpaired) electrons. The van der Waals surface area contributed by atoms with Crippen LogP contribution in [-0.2, 0) is 13.0 Å². The van der Waals surface area contributed by atoms with Gasteiger partial charge in [-0.2, -0.15) is 0 Å². The lowest BCUT2D eigenvalue weighted by atomic mass is 9.93. The van der Waals surface area contributed by atoms with Gasteiger partial charge in [0.05, 0.1) is 22.3 Å². The Labute approximate surface area is 274 Å². The Hall–Kier alpha value is -5.66. The SMILES string of the molecule is CN(C)C[C@@H]1Cc2ccccc2CN1C(=O)c1ccccc1-n1cc(C(=O)N(c2ccccc2)c2ccc(O)cc2)c2ccccc21. The minimum Gasteiger partial charge on any atom is -0.508 e. The Kier molecular flexibility index (Phi) is 8.06. The standard InChI is InChI=1S/C40H36N4O3/c1-41(2)26-32-24-28-12-6-7-13-29(28)25-42(32)39(46)35-17-9-11-19-38(35)43-27-36(34-16-8-10-18-37(34)43)40(47)44(30-14-4-3-5-15-30)31-20-22-33(45)23-21-31/h3-23,27,32,45H,24-26H2,1-2H3/t32-/m0/s1. The number of fused-ring (bicyclic) bond motifs is 2. The Bertz CT molecular complexity index is 2070. The first kappa shape index (κ1) is 30.0. The number of phenolic OH excluding ortho intramolecular Hbond substituents is 1. The minimum atomic E-state index is -0.223. The van der Waals surface area contributed by atoms with Crippen molar-refractivity contribution in [2.75, 3.05) is 25.5 Å². The van der Waals surface area contributed by atoms with Crippen LogP contribution in [0.2, 0.25) is 0 Å². The van der Waals surface area contributed by atoms with E-state index in [1.807, 2.05) is 115 Å². The fourth-order valence-electron chi connectivity index (χ4n) is 6.66. The van der Waals surface area contributed by atoms with Crippen LogP contribution in [0.15, 0.2) is 134 Å². The Balaban J connectivity index is 1.33. The van der Waals surface area contributed by atoms with E-state index in [4.69, 9.17) is 0 Å². The van der Waals surface area contributed by atoms with Crippen molar-refractivity contribution in [1.82, 2.24) is 14.4 Å². The van der Waals surface area contributed by atoms with E-state index in [9.17, 15) is 14.7 Å². The van der Waals surface area contributed by atoms with Gasteiger partial charge in [-0.15, -0.1) is 0 Å². The van der Waals surface area contributed by atoms with Crippen LogP contribution in [-0.4, -0.2) is 58.0 Å². The highest BCUT2D eigenvalue weighted by Gasteiger charge is 2.32. The molecule has 0 spiro atoms. The third-order valence-electron chi connectivity index (χ3n) is 8.85. The lowest BCUT2D eigenvalue weighted by Gasteiger charge is -2.38. The average molecular weight is 621 g/mol. The largest absolute Gasteiger partial charge is 0.508 e. The second kappa shape index (κ2) is 12.6. The molecule has 0 saturated heterocycles. The predicted molar refractivity (Wildman–Crippen MR) is 187 cm³/mol. The van der Waals surface area contributed by atoms with Crippen LogP contribution in [0.4, 0.5) is 11.4 Å². The second-order valence-electron chi connectivity index (χ2n) is 12.3. The average Bonchev–Trinajstić information content (AvgIpc) is 3.48. The second-order valence-corrected chi connectivity index (χ2v) is 12.3. The summed E-state index contributed by atoms with van der Waals surface area (Å²) in [7, 11) is 4.08. The zero-order valence-electron chi connectivity index (χ0n) is 26.5. The summed E-state index contributed by atoms with van der Waals surface area (Å²) in [5.41, 5.74) is 6.40. The topological polar surface area (TPSA) is 69.0 Å². The number of amides is 2. The molecule has 7 heteroatoms. The lowest BCUT2D eigenvalue weighted by molar-refractivity contribution is 0.0606. The maximum Gasteiger partial charge on any atom is 0.265 e. The van der Waals surface area contributed by atoms with Crippen molar-refractivity contribution in [3.63, 3.8) is 0 Å². The van der Waals surface area contributed by atoms with E-state index in [1.54, 1.807) is 29.2 Å². The molecule has 0 fully saturated rings. The zero-order chi connectivity index (χ0) is 32.5. The maximum atomic E-state index is 14.6. The van der Waals surface area contributed by atoms with Crippen LogP contribution in [0.1, 0.15) is 31.8 Å². The van der Waals surface area contributed by atoms with Crippen molar-refractivity contribution in [1.29, 1.82) is 0 Å². The predicted octanol–water partition coefficient (Wildman–Crippen LogP) is 7.44. The molecule has 6 aromatic rings. The summed E-state index contributed by atoms with van der Waals surface area (Å²) in [4.78, 5) is 35.0. The summed E-state index contributed by atoms with van der Waals surface area (Å²) in [6, 6.07) is 39.9. The first-order chi connectivity index (χ1) is 22.9. The van der Waals surface area contributed by atoms with E-state index in [2.05, 4.69) is 23.1 Å². The number of aromatic nitrogens is 1. The van der Waals surface area contributed by atoms with Gasteiger partial charge < -0.3 is 19.5 Å². The molecule has 1 aliphatic heterocycles. The van der Waals surface area contributed by atoms with E-state index in [1.165, 1.54) is 11.1 Å². The quantitative estimate of drug-likeness (QED) is 0.201. The van der Waals surface area contributed by atoms with Crippen LogP contribution in [0.25, 0.3) is 16.6 Å². The maximum absolute atomic E-state index is 14.6. The van der Waals surface area contributed by atoms with Crippen molar-refractivity contribution in [3.05, 3.63) is 156 Å². The summed E-state index contributed by atoms with van der Waals surface area (Å²) >= 11 is 0. The molecule has 1 N–H and O–H groups in total. The fourth-order valence-corrected chi connectivity index (χ4v) is 6.66. The number of aromatic hydroxyl groups is 1. The third kappa shape index (κ3) is 5.77. The van der Waals surface area contributed by atoms with Gasteiger partial charge in [-0.05, 0) is 86.2 Å².